The van der Waals surface area contributed by atoms with E-state index in [4.69, 9.17) is 23.1 Å². The Hall–Kier alpha value is -0.190. The summed E-state index contributed by atoms with van der Waals surface area (Å²) in [7, 11) is 0. The molecule has 0 aliphatic carbocycles. The fraction of sp³-hybridized carbons (Fsp3) is 0.900. The van der Waals surface area contributed by atoms with Crippen molar-refractivity contribution in [2.24, 2.45) is 5.73 Å². The Balaban J connectivity index is 3.56. The third-order valence-electron chi connectivity index (χ3n) is 2.05. The summed E-state index contributed by atoms with van der Waals surface area (Å²) >= 11 is 4.88. The van der Waals surface area contributed by atoms with E-state index in [0.29, 0.717) is 11.6 Å². The first kappa shape index (κ1) is 13.8. The van der Waals surface area contributed by atoms with Gasteiger partial charge in [0.1, 0.15) is 0 Å². The van der Waals surface area contributed by atoms with Crippen molar-refractivity contribution in [2.75, 3.05) is 26.2 Å². The molecule has 14 heavy (non-hydrogen) atoms. The summed E-state index contributed by atoms with van der Waals surface area (Å²) in [6.45, 7) is 5.26. The molecule has 4 heteroatoms. The van der Waals surface area contributed by atoms with Crippen LogP contribution in [-0.2, 0) is 0 Å². The number of aliphatic hydroxyl groups is 1. The molecule has 0 aromatic rings. The van der Waals surface area contributed by atoms with E-state index in [1.165, 1.54) is 0 Å². The summed E-state index contributed by atoms with van der Waals surface area (Å²) in [6, 6.07) is 0. The molecule has 0 saturated heterocycles. The van der Waals surface area contributed by atoms with Gasteiger partial charge in [-0.05, 0) is 38.8 Å². The van der Waals surface area contributed by atoms with E-state index >= 15 is 0 Å². The lowest BCUT2D eigenvalue weighted by molar-refractivity contribution is 0.268. The predicted molar refractivity (Wildman–Crippen MR) is 64.5 cm³/mol. The van der Waals surface area contributed by atoms with E-state index in [0.717, 1.165) is 45.3 Å². The van der Waals surface area contributed by atoms with Crippen molar-refractivity contribution in [1.29, 1.82) is 0 Å². The molecule has 0 aromatic heterocycles. The lowest BCUT2D eigenvalue weighted by Gasteiger charge is -2.20. The highest BCUT2D eigenvalue weighted by Gasteiger charge is 2.04. The zero-order valence-corrected chi connectivity index (χ0v) is 9.85. The van der Waals surface area contributed by atoms with Gasteiger partial charge in [0.2, 0.25) is 0 Å². The van der Waals surface area contributed by atoms with Gasteiger partial charge in [-0.1, -0.05) is 19.1 Å². The van der Waals surface area contributed by atoms with Crippen LogP contribution in [0.4, 0.5) is 0 Å². The highest BCUT2D eigenvalue weighted by Crippen LogP contribution is 1.99. The Morgan fingerprint density at radius 2 is 2.00 bits per heavy atom. The summed E-state index contributed by atoms with van der Waals surface area (Å²) in [4.78, 5) is 2.85. The van der Waals surface area contributed by atoms with Crippen LogP contribution in [0, 0.1) is 0 Å². The van der Waals surface area contributed by atoms with E-state index in [9.17, 15) is 0 Å². The Kier molecular flexibility index (Phi) is 9.24. The summed E-state index contributed by atoms with van der Waals surface area (Å²) in [5.74, 6) is 0. The first-order valence-corrected chi connectivity index (χ1v) is 5.73. The molecule has 0 heterocycles. The molecular weight excluding hydrogens is 196 g/mol. The van der Waals surface area contributed by atoms with Gasteiger partial charge in [-0.2, -0.15) is 0 Å². The van der Waals surface area contributed by atoms with Gasteiger partial charge in [0.25, 0.3) is 0 Å². The van der Waals surface area contributed by atoms with Crippen molar-refractivity contribution < 1.29 is 5.11 Å². The van der Waals surface area contributed by atoms with Crippen molar-refractivity contribution in [1.82, 2.24) is 4.90 Å². The summed E-state index contributed by atoms with van der Waals surface area (Å²) in [5, 5.41) is 8.63. The van der Waals surface area contributed by atoms with Gasteiger partial charge >= 0.3 is 0 Å². The minimum Gasteiger partial charge on any atom is -0.396 e. The van der Waals surface area contributed by atoms with Gasteiger partial charge in [-0.15, -0.1) is 0 Å². The number of nitrogens with two attached hydrogens (primary N) is 1. The molecule has 0 saturated carbocycles. The Morgan fingerprint density at radius 1 is 1.29 bits per heavy atom. The Morgan fingerprint density at radius 3 is 2.50 bits per heavy atom. The van der Waals surface area contributed by atoms with E-state index in [1.54, 1.807) is 0 Å². The standard InChI is InChI=1S/C10H22N2OS/c1-2-6-12(9-10(11)14)7-4-3-5-8-13/h13H,2-9H2,1H3,(H2,11,14). The fourth-order valence-corrected chi connectivity index (χ4v) is 1.61. The van der Waals surface area contributed by atoms with E-state index in [2.05, 4.69) is 11.8 Å². The highest BCUT2D eigenvalue weighted by atomic mass is 32.1. The maximum atomic E-state index is 8.63. The number of rotatable bonds is 9. The van der Waals surface area contributed by atoms with Crippen LogP contribution in [0.25, 0.3) is 0 Å². The molecule has 0 radical (unpaired) electrons. The monoisotopic (exact) mass is 218 g/mol. The van der Waals surface area contributed by atoms with Gasteiger partial charge in [0, 0.05) is 13.2 Å². The average Bonchev–Trinajstić information content (AvgIpc) is 2.12. The molecule has 0 atom stereocenters. The lowest BCUT2D eigenvalue weighted by Crippen LogP contribution is -2.34. The topological polar surface area (TPSA) is 49.5 Å². The average molecular weight is 218 g/mol. The van der Waals surface area contributed by atoms with Gasteiger partial charge < -0.3 is 10.8 Å². The van der Waals surface area contributed by atoms with Crippen molar-refractivity contribution in [2.45, 2.75) is 32.6 Å². The van der Waals surface area contributed by atoms with E-state index < -0.39 is 0 Å². The number of unbranched alkanes of at least 4 members (excludes halogenated alkanes) is 2. The van der Waals surface area contributed by atoms with Crippen molar-refractivity contribution in [3.8, 4) is 0 Å². The summed E-state index contributed by atoms with van der Waals surface area (Å²) < 4.78 is 0. The number of aliphatic hydroxyl groups excluding tert-OH is 1. The molecular formula is C10H22N2OS. The second kappa shape index (κ2) is 9.37. The molecule has 0 spiro atoms. The molecule has 0 aromatic carbocycles. The number of hydrogen-bond acceptors (Lipinski definition) is 3. The number of hydrogen-bond donors (Lipinski definition) is 2. The zero-order valence-electron chi connectivity index (χ0n) is 9.04. The maximum Gasteiger partial charge on any atom is 0.0870 e. The molecule has 0 aliphatic heterocycles. The quantitative estimate of drug-likeness (QED) is 0.450. The van der Waals surface area contributed by atoms with Crippen LogP contribution in [0.15, 0.2) is 0 Å². The number of thiocarbonyl (C=S) groups is 1. The van der Waals surface area contributed by atoms with Crippen LogP contribution >= 0.6 is 12.2 Å². The molecule has 84 valence electrons. The van der Waals surface area contributed by atoms with Gasteiger partial charge in [-0.3, -0.25) is 4.90 Å². The maximum absolute atomic E-state index is 8.63. The molecule has 3 N–H and O–H groups in total. The smallest absolute Gasteiger partial charge is 0.0870 e. The second-order valence-electron chi connectivity index (χ2n) is 3.53. The SMILES string of the molecule is CCCN(CCCCCO)CC(N)=S. The van der Waals surface area contributed by atoms with E-state index in [1.807, 2.05) is 0 Å². The second-order valence-corrected chi connectivity index (χ2v) is 4.05. The molecule has 0 unspecified atom stereocenters. The summed E-state index contributed by atoms with van der Waals surface area (Å²) in [5.41, 5.74) is 5.50. The van der Waals surface area contributed by atoms with Gasteiger partial charge in [-0.25, -0.2) is 0 Å². The summed E-state index contributed by atoms with van der Waals surface area (Å²) in [6.07, 6.45) is 4.22. The largest absolute Gasteiger partial charge is 0.396 e. The van der Waals surface area contributed by atoms with Gasteiger partial charge in [0.05, 0.1) is 4.99 Å². The van der Waals surface area contributed by atoms with Crippen LogP contribution in [0.5, 0.6) is 0 Å². The lowest BCUT2D eigenvalue weighted by atomic mass is 10.2. The Labute approximate surface area is 92.3 Å². The first-order valence-electron chi connectivity index (χ1n) is 5.32. The van der Waals surface area contributed by atoms with Crippen LogP contribution in [0.2, 0.25) is 0 Å². The minimum atomic E-state index is 0.295. The van der Waals surface area contributed by atoms with Crippen molar-refractivity contribution >= 4 is 17.2 Å². The zero-order chi connectivity index (χ0) is 10.8. The highest BCUT2D eigenvalue weighted by molar-refractivity contribution is 7.80. The van der Waals surface area contributed by atoms with E-state index in [-0.39, 0.29) is 0 Å². The molecule has 0 amide bonds. The predicted octanol–water partition coefficient (Wildman–Crippen LogP) is 1.15. The van der Waals surface area contributed by atoms with Crippen LogP contribution < -0.4 is 5.73 Å². The third-order valence-corrected chi connectivity index (χ3v) is 2.18. The van der Waals surface area contributed by atoms with Gasteiger partial charge in [0.15, 0.2) is 0 Å². The van der Waals surface area contributed by atoms with Crippen molar-refractivity contribution in [3.63, 3.8) is 0 Å². The first-order chi connectivity index (χ1) is 6.70. The Bertz CT molecular complexity index is 153. The molecule has 0 fully saturated rings. The van der Waals surface area contributed by atoms with Crippen molar-refractivity contribution in [3.05, 3.63) is 0 Å². The minimum absolute atomic E-state index is 0.295. The molecule has 0 rings (SSSR count). The van der Waals surface area contributed by atoms with Crippen LogP contribution in [0.1, 0.15) is 32.6 Å². The molecule has 3 nitrogen and oxygen atoms in total. The molecule has 0 aliphatic rings. The number of nitrogens with zero attached hydrogens (tertiary/aromatic N) is 1. The third kappa shape index (κ3) is 8.41. The molecule has 0 bridgehead atoms. The van der Waals surface area contributed by atoms with Crippen LogP contribution in [-0.4, -0.2) is 41.2 Å². The fourth-order valence-electron chi connectivity index (χ4n) is 1.43. The normalized spacial score (nSPS) is 10.8. The van der Waals surface area contributed by atoms with Crippen LogP contribution in [0.3, 0.4) is 0 Å².